The smallest absolute Gasteiger partial charge is 0.192 e. The summed E-state index contributed by atoms with van der Waals surface area (Å²) in [5, 5.41) is 15.8. The number of ether oxygens (including phenoxy) is 2. The van der Waals surface area contributed by atoms with Crippen LogP contribution in [0.2, 0.25) is 0 Å². The molecule has 0 fully saturated rings. The fraction of sp³-hybridized carbons (Fsp3) is 0.391. The third kappa shape index (κ3) is 6.72. The van der Waals surface area contributed by atoms with Crippen molar-refractivity contribution in [2.45, 2.75) is 40.3 Å². The second kappa shape index (κ2) is 11.6. The molecule has 0 radical (unpaired) electrons. The normalized spacial score (nSPS) is 12.0. The molecule has 6 nitrogen and oxygen atoms in total. The van der Waals surface area contributed by atoms with Crippen molar-refractivity contribution in [1.82, 2.24) is 10.6 Å². The lowest BCUT2D eigenvalue weighted by molar-refractivity contribution is 0.287. The van der Waals surface area contributed by atoms with Crippen molar-refractivity contribution in [3.63, 3.8) is 0 Å². The number of nitrogens with one attached hydrogen (secondary N) is 2. The zero-order valence-electron chi connectivity index (χ0n) is 17.7. The van der Waals surface area contributed by atoms with E-state index in [9.17, 15) is 0 Å². The van der Waals surface area contributed by atoms with E-state index in [0.29, 0.717) is 31.3 Å². The van der Waals surface area contributed by atoms with Crippen LogP contribution in [0.15, 0.2) is 47.5 Å². The molecule has 2 aromatic carbocycles. The van der Waals surface area contributed by atoms with Crippen molar-refractivity contribution in [3.05, 3.63) is 59.2 Å². The van der Waals surface area contributed by atoms with Gasteiger partial charge in [-0.3, -0.25) is 0 Å². The second-order valence-electron chi connectivity index (χ2n) is 6.45. The topological polar surface area (TPSA) is 78.7 Å². The highest BCUT2D eigenvalue weighted by Gasteiger charge is 2.12. The largest absolute Gasteiger partial charge is 0.490 e. The average molecular weight is 395 g/mol. The van der Waals surface area contributed by atoms with Crippen LogP contribution in [0.1, 0.15) is 50.4 Å². The standard InChI is InChI=1S/C23H30N4O2/c1-5-25-23(26-16-19-10-8-9-18(13-19)15-24)27-17(4)20-11-12-21(28-6-2)22(14-20)29-7-3/h8-14,17H,5-7,16H2,1-4H3,(H2,25,26,27). The first-order valence-corrected chi connectivity index (χ1v) is 10.0. The van der Waals surface area contributed by atoms with Crippen LogP contribution in [-0.4, -0.2) is 25.7 Å². The maximum Gasteiger partial charge on any atom is 0.192 e. The van der Waals surface area contributed by atoms with Crippen LogP contribution in [0.3, 0.4) is 0 Å². The van der Waals surface area contributed by atoms with Gasteiger partial charge in [0.1, 0.15) is 0 Å². The number of hydrogen-bond acceptors (Lipinski definition) is 4. The molecule has 2 N–H and O–H groups in total. The Morgan fingerprint density at radius 3 is 2.52 bits per heavy atom. The summed E-state index contributed by atoms with van der Waals surface area (Å²) < 4.78 is 11.4. The van der Waals surface area contributed by atoms with E-state index in [1.807, 2.05) is 57.2 Å². The average Bonchev–Trinajstić information content (AvgIpc) is 2.74. The Morgan fingerprint density at radius 1 is 1.07 bits per heavy atom. The van der Waals surface area contributed by atoms with Crippen LogP contribution in [0, 0.1) is 11.3 Å². The number of rotatable bonds is 9. The first-order valence-electron chi connectivity index (χ1n) is 10.0. The van der Waals surface area contributed by atoms with Crippen molar-refractivity contribution >= 4 is 5.96 Å². The van der Waals surface area contributed by atoms with Crippen LogP contribution in [0.4, 0.5) is 0 Å². The van der Waals surface area contributed by atoms with Gasteiger partial charge in [0.25, 0.3) is 0 Å². The summed E-state index contributed by atoms with van der Waals surface area (Å²) in [4.78, 5) is 4.66. The highest BCUT2D eigenvalue weighted by molar-refractivity contribution is 5.80. The Labute approximate surface area is 173 Å². The van der Waals surface area contributed by atoms with Gasteiger partial charge in [0.05, 0.1) is 37.4 Å². The van der Waals surface area contributed by atoms with E-state index < -0.39 is 0 Å². The minimum absolute atomic E-state index is 0.0214. The van der Waals surface area contributed by atoms with Gasteiger partial charge in [-0.05, 0) is 63.1 Å². The van der Waals surface area contributed by atoms with Crippen LogP contribution < -0.4 is 20.1 Å². The zero-order chi connectivity index (χ0) is 21.1. The first-order chi connectivity index (χ1) is 14.1. The molecule has 0 amide bonds. The number of hydrogen-bond donors (Lipinski definition) is 2. The van der Waals surface area contributed by atoms with Gasteiger partial charge in [-0.2, -0.15) is 5.26 Å². The van der Waals surface area contributed by atoms with Crippen LogP contribution in [-0.2, 0) is 6.54 Å². The minimum Gasteiger partial charge on any atom is -0.490 e. The molecule has 0 spiro atoms. The number of aliphatic imine (C=N–C) groups is 1. The van der Waals surface area contributed by atoms with E-state index in [0.717, 1.165) is 29.2 Å². The van der Waals surface area contributed by atoms with Gasteiger partial charge in [0, 0.05) is 6.54 Å². The maximum absolute atomic E-state index is 9.05. The van der Waals surface area contributed by atoms with Crippen molar-refractivity contribution in [1.29, 1.82) is 5.26 Å². The highest BCUT2D eigenvalue weighted by atomic mass is 16.5. The summed E-state index contributed by atoms with van der Waals surface area (Å²) >= 11 is 0. The van der Waals surface area contributed by atoms with Crippen LogP contribution in [0.5, 0.6) is 11.5 Å². The van der Waals surface area contributed by atoms with Gasteiger partial charge >= 0.3 is 0 Å². The molecule has 0 aliphatic rings. The van der Waals surface area contributed by atoms with E-state index in [4.69, 9.17) is 14.7 Å². The Bertz CT molecular complexity index is 858. The monoisotopic (exact) mass is 394 g/mol. The summed E-state index contributed by atoms with van der Waals surface area (Å²) in [6.45, 7) is 10.4. The van der Waals surface area contributed by atoms with E-state index in [2.05, 4.69) is 28.6 Å². The third-order valence-electron chi connectivity index (χ3n) is 4.24. The molecule has 1 unspecified atom stereocenters. The van der Waals surface area contributed by atoms with Gasteiger partial charge in [-0.25, -0.2) is 4.99 Å². The summed E-state index contributed by atoms with van der Waals surface area (Å²) in [7, 11) is 0. The zero-order valence-corrected chi connectivity index (χ0v) is 17.7. The molecule has 0 aromatic heterocycles. The molecule has 0 bridgehead atoms. The molecule has 1 atom stereocenters. The second-order valence-corrected chi connectivity index (χ2v) is 6.45. The fourth-order valence-electron chi connectivity index (χ4n) is 2.86. The van der Waals surface area contributed by atoms with E-state index in [1.165, 1.54) is 0 Å². The van der Waals surface area contributed by atoms with E-state index >= 15 is 0 Å². The van der Waals surface area contributed by atoms with E-state index in [-0.39, 0.29) is 6.04 Å². The van der Waals surface area contributed by atoms with Crippen molar-refractivity contribution < 1.29 is 9.47 Å². The molecule has 2 rings (SSSR count). The summed E-state index contributed by atoms with van der Waals surface area (Å²) in [6, 6.07) is 15.7. The lowest BCUT2D eigenvalue weighted by atomic mass is 10.1. The fourth-order valence-corrected chi connectivity index (χ4v) is 2.86. The van der Waals surface area contributed by atoms with Crippen LogP contribution >= 0.6 is 0 Å². The van der Waals surface area contributed by atoms with Crippen molar-refractivity contribution in [3.8, 4) is 17.6 Å². The van der Waals surface area contributed by atoms with Crippen LogP contribution in [0.25, 0.3) is 0 Å². The lowest BCUT2D eigenvalue weighted by Gasteiger charge is -2.20. The predicted molar refractivity (Wildman–Crippen MR) is 116 cm³/mol. The molecule has 0 saturated heterocycles. The first kappa shape index (κ1) is 22.1. The molecule has 6 heteroatoms. The quantitative estimate of drug-likeness (QED) is 0.493. The summed E-state index contributed by atoms with van der Waals surface area (Å²) in [5.74, 6) is 2.22. The highest BCUT2D eigenvalue weighted by Crippen LogP contribution is 2.30. The Morgan fingerprint density at radius 2 is 1.83 bits per heavy atom. The third-order valence-corrected chi connectivity index (χ3v) is 4.24. The van der Waals surface area contributed by atoms with E-state index in [1.54, 1.807) is 6.07 Å². The van der Waals surface area contributed by atoms with Gasteiger partial charge in [0.2, 0.25) is 0 Å². The molecule has 2 aromatic rings. The number of nitriles is 1. The summed E-state index contributed by atoms with van der Waals surface area (Å²) in [6.07, 6.45) is 0. The van der Waals surface area contributed by atoms with Crippen molar-refractivity contribution in [2.75, 3.05) is 19.8 Å². The van der Waals surface area contributed by atoms with Gasteiger partial charge in [-0.15, -0.1) is 0 Å². The molecule has 0 aliphatic carbocycles. The number of benzene rings is 2. The molecule has 29 heavy (non-hydrogen) atoms. The maximum atomic E-state index is 9.05. The number of guanidine groups is 1. The minimum atomic E-state index is 0.0214. The van der Waals surface area contributed by atoms with Crippen molar-refractivity contribution in [2.24, 2.45) is 4.99 Å². The Hall–Kier alpha value is -3.20. The number of nitrogens with zero attached hydrogens (tertiary/aromatic N) is 2. The molecule has 0 heterocycles. The summed E-state index contributed by atoms with van der Waals surface area (Å²) in [5.41, 5.74) is 2.71. The predicted octanol–water partition coefficient (Wildman–Crippen LogP) is 4.17. The SMILES string of the molecule is CCNC(=NCc1cccc(C#N)c1)NC(C)c1ccc(OCC)c(OCC)c1. The molecular formula is C23H30N4O2. The Kier molecular flexibility index (Phi) is 8.84. The Balaban J connectivity index is 2.14. The molecular weight excluding hydrogens is 364 g/mol. The van der Waals surface area contributed by atoms with Gasteiger partial charge in [-0.1, -0.05) is 18.2 Å². The lowest BCUT2D eigenvalue weighted by Crippen LogP contribution is -2.38. The van der Waals surface area contributed by atoms with Gasteiger partial charge in [0.15, 0.2) is 17.5 Å². The van der Waals surface area contributed by atoms with Gasteiger partial charge < -0.3 is 20.1 Å². The molecule has 0 aliphatic heterocycles. The molecule has 0 saturated carbocycles. The molecule has 154 valence electrons.